The summed E-state index contributed by atoms with van der Waals surface area (Å²) in [5.74, 6) is -3.83. The molecule has 0 bridgehead atoms. The summed E-state index contributed by atoms with van der Waals surface area (Å²) in [5.41, 5.74) is 1.78. The number of aliphatic carboxylic acids is 1. The Balaban J connectivity index is 2.08. The second-order valence-corrected chi connectivity index (χ2v) is 7.07. The zero-order valence-corrected chi connectivity index (χ0v) is 16.4. The number of aliphatic hydroxyl groups excluding tert-OH is 1. The molecule has 0 radical (unpaired) electrons. The zero-order valence-electron chi connectivity index (χ0n) is 16.4. The molecule has 1 amide bonds. The molecule has 3 rings (SSSR count). The van der Waals surface area contributed by atoms with Crippen LogP contribution in [0.2, 0.25) is 0 Å². The van der Waals surface area contributed by atoms with Crippen molar-refractivity contribution in [1.29, 1.82) is 0 Å². The minimum atomic E-state index is -1.25. The number of amides is 1. The molecular formula is C23H21FNO5-. The predicted octanol–water partition coefficient (Wildman–Crippen LogP) is 2.34. The van der Waals surface area contributed by atoms with Gasteiger partial charge in [-0.2, -0.15) is 0 Å². The standard InChI is InChI=1S/C23H22FNO5/c1-2-14-5-7-15(8-6-14)20-19(21(28)16-9-11-17(24)12-10-16)22(29)23(30)25(20)13-3-4-18(26)27/h5-12,20,28H,2-4,13H2,1H3,(H,26,27)/p-1/t20-/m0/s1. The molecule has 0 saturated carbocycles. The zero-order chi connectivity index (χ0) is 21.8. The highest BCUT2D eigenvalue weighted by molar-refractivity contribution is 6.46. The molecule has 1 fully saturated rings. The Bertz CT molecular complexity index is 995. The van der Waals surface area contributed by atoms with Crippen LogP contribution in [0.3, 0.4) is 0 Å². The first-order valence-electron chi connectivity index (χ1n) is 9.66. The molecule has 1 saturated heterocycles. The van der Waals surface area contributed by atoms with E-state index < -0.39 is 35.3 Å². The quantitative estimate of drug-likeness (QED) is 0.429. The summed E-state index contributed by atoms with van der Waals surface area (Å²) in [6, 6.07) is 11.4. The van der Waals surface area contributed by atoms with Gasteiger partial charge in [-0.25, -0.2) is 4.39 Å². The van der Waals surface area contributed by atoms with E-state index in [1.54, 1.807) is 12.1 Å². The molecule has 1 aliphatic heterocycles. The van der Waals surface area contributed by atoms with Crippen molar-refractivity contribution in [2.75, 3.05) is 6.54 Å². The van der Waals surface area contributed by atoms with Gasteiger partial charge in [-0.05, 0) is 54.7 Å². The lowest BCUT2D eigenvalue weighted by atomic mass is 9.94. The Hall–Kier alpha value is -3.48. The van der Waals surface area contributed by atoms with Gasteiger partial charge in [-0.1, -0.05) is 31.2 Å². The lowest BCUT2D eigenvalue weighted by Crippen LogP contribution is -2.32. The van der Waals surface area contributed by atoms with Crippen LogP contribution in [0.15, 0.2) is 54.1 Å². The number of benzene rings is 2. The number of likely N-dealkylation sites (tertiary alicyclic amines) is 1. The molecule has 0 aromatic heterocycles. The number of hydrogen-bond donors (Lipinski definition) is 1. The van der Waals surface area contributed by atoms with Gasteiger partial charge in [-0.3, -0.25) is 9.59 Å². The van der Waals surface area contributed by atoms with Gasteiger partial charge < -0.3 is 19.9 Å². The van der Waals surface area contributed by atoms with Crippen molar-refractivity contribution in [1.82, 2.24) is 4.90 Å². The van der Waals surface area contributed by atoms with Gasteiger partial charge in [0.15, 0.2) is 0 Å². The number of Topliss-reactive ketones (excluding diaryl/α,β-unsaturated/α-hetero) is 1. The Labute approximate surface area is 173 Å². The van der Waals surface area contributed by atoms with Gasteiger partial charge >= 0.3 is 0 Å². The molecule has 2 aromatic rings. The summed E-state index contributed by atoms with van der Waals surface area (Å²) in [6.07, 6.45) is 0.652. The maximum Gasteiger partial charge on any atom is 0.295 e. The fraction of sp³-hybridized carbons (Fsp3) is 0.261. The fourth-order valence-electron chi connectivity index (χ4n) is 3.55. The highest BCUT2D eigenvalue weighted by atomic mass is 19.1. The highest BCUT2D eigenvalue weighted by Crippen LogP contribution is 2.39. The Morgan fingerprint density at radius 3 is 2.30 bits per heavy atom. The molecule has 1 atom stereocenters. The number of nitrogens with zero attached hydrogens (tertiary/aromatic N) is 1. The van der Waals surface area contributed by atoms with E-state index in [9.17, 15) is 29.0 Å². The minimum absolute atomic E-state index is 0.0128. The van der Waals surface area contributed by atoms with Crippen LogP contribution in [0, 0.1) is 5.82 Å². The third-order valence-electron chi connectivity index (χ3n) is 5.14. The van der Waals surface area contributed by atoms with Gasteiger partial charge in [0.1, 0.15) is 11.6 Å². The van der Waals surface area contributed by atoms with Crippen LogP contribution in [-0.4, -0.2) is 34.2 Å². The van der Waals surface area contributed by atoms with Crippen molar-refractivity contribution in [3.05, 3.63) is 76.6 Å². The van der Waals surface area contributed by atoms with E-state index in [1.165, 1.54) is 17.0 Å². The van der Waals surface area contributed by atoms with Crippen molar-refractivity contribution < 1.29 is 29.0 Å². The van der Waals surface area contributed by atoms with E-state index in [2.05, 4.69) is 0 Å². The average molecular weight is 410 g/mol. The summed E-state index contributed by atoms with van der Waals surface area (Å²) < 4.78 is 13.3. The smallest absolute Gasteiger partial charge is 0.295 e. The van der Waals surface area contributed by atoms with Crippen LogP contribution in [0.25, 0.3) is 5.76 Å². The molecule has 1 N–H and O–H groups in total. The van der Waals surface area contributed by atoms with Crippen LogP contribution >= 0.6 is 0 Å². The number of carboxylic acids is 1. The van der Waals surface area contributed by atoms with Crippen LogP contribution in [0.1, 0.15) is 42.5 Å². The Kier molecular flexibility index (Phi) is 6.30. The largest absolute Gasteiger partial charge is 0.550 e. The third kappa shape index (κ3) is 4.25. The van der Waals surface area contributed by atoms with Gasteiger partial charge in [0.2, 0.25) is 0 Å². The summed E-state index contributed by atoms with van der Waals surface area (Å²) in [7, 11) is 0. The molecule has 0 unspecified atom stereocenters. The second-order valence-electron chi connectivity index (χ2n) is 7.07. The number of carbonyl (C=O) groups excluding carboxylic acids is 3. The van der Waals surface area contributed by atoms with Gasteiger partial charge in [-0.15, -0.1) is 0 Å². The lowest BCUT2D eigenvalue weighted by Gasteiger charge is -2.25. The SMILES string of the molecule is CCc1ccc([C@H]2C(=C(O)c3ccc(F)cc3)C(=O)C(=O)N2CCCC(=O)[O-])cc1. The van der Waals surface area contributed by atoms with Crippen molar-refractivity contribution in [2.24, 2.45) is 0 Å². The van der Waals surface area contributed by atoms with Crippen LogP contribution < -0.4 is 5.11 Å². The lowest BCUT2D eigenvalue weighted by molar-refractivity contribution is -0.305. The highest BCUT2D eigenvalue weighted by Gasteiger charge is 2.45. The van der Waals surface area contributed by atoms with E-state index in [4.69, 9.17) is 0 Å². The minimum Gasteiger partial charge on any atom is -0.550 e. The van der Waals surface area contributed by atoms with Crippen molar-refractivity contribution in [2.45, 2.75) is 32.2 Å². The van der Waals surface area contributed by atoms with Gasteiger partial charge in [0.05, 0.1) is 11.6 Å². The van der Waals surface area contributed by atoms with Gasteiger partial charge in [0, 0.05) is 18.1 Å². The number of halogens is 1. The Morgan fingerprint density at radius 2 is 1.73 bits per heavy atom. The number of carbonyl (C=O) groups is 3. The van der Waals surface area contributed by atoms with Crippen LogP contribution in [-0.2, 0) is 20.8 Å². The molecule has 156 valence electrons. The summed E-state index contributed by atoms with van der Waals surface area (Å²) in [4.78, 5) is 37.5. The first kappa shape index (κ1) is 21.2. The fourth-order valence-corrected chi connectivity index (χ4v) is 3.55. The summed E-state index contributed by atoms with van der Waals surface area (Å²) >= 11 is 0. The monoisotopic (exact) mass is 410 g/mol. The molecule has 0 aliphatic carbocycles. The van der Waals surface area contributed by atoms with E-state index in [0.717, 1.165) is 24.1 Å². The number of rotatable bonds is 7. The second kappa shape index (κ2) is 8.90. The number of carboxylic acid groups (broad SMARTS) is 1. The normalized spacial score (nSPS) is 18.1. The van der Waals surface area contributed by atoms with E-state index >= 15 is 0 Å². The topological polar surface area (TPSA) is 97.7 Å². The molecule has 1 aliphatic rings. The summed E-state index contributed by atoms with van der Waals surface area (Å²) in [5, 5.41) is 21.6. The van der Waals surface area contributed by atoms with Crippen LogP contribution in [0.5, 0.6) is 0 Å². The number of ketones is 1. The average Bonchev–Trinajstić information content (AvgIpc) is 2.98. The molecule has 0 spiro atoms. The van der Waals surface area contributed by atoms with Crippen molar-refractivity contribution >= 4 is 23.4 Å². The van der Waals surface area contributed by atoms with Crippen LogP contribution in [0.4, 0.5) is 4.39 Å². The maximum atomic E-state index is 13.3. The van der Waals surface area contributed by atoms with E-state index in [1.807, 2.05) is 19.1 Å². The first-order chi connectivity index (χ1) is 14.3. The molecule has 7 heteroatoms. The van der Waals surface area contributed by atoms with Crippen molar-refractivity contribution in [3.8, 4) is 0 Å². The first-order valence-corrected chi connectivity index (χ1v) is 9.66. The van der Waals surface area contributed by atoms with Gasteiger partial charge in [0.25, 0.3) is 11.7 Å². The number of hydrogen-bond acceptors (Lipinski definition) is 5. The maximum absolute atomic E-state index is 13.3. The predicted molar refractivity (Wildman–Crippen MR) is 105 cm³/mol. The number of aliphatic hydroxyl groups is 1. The number of aryl methyl sites for hydroxylation is 1. The molecule has 30 heavy (non-hydrogen) atoms. The Morgan fingerprint density at radius 1 is 1.10 bits per heavy atom. The molecule has 6 nitrogen and oxygen atoms in total. The van der Waals surface area contributed by atoms with E-state index in [-0.39, 0.29) is 30.5 Å². The summed E-state index contributed by atoms with van der Waals surface area (Å²) in [6.45, 7) is 2.01. The molecular weight excluding hydrogens is 389 g/mol. The van der Waals surface area contributed by atoms with E-state index in [0.29, 0.717) is 5.56 Å². The molecule has 2 aromatic carbocycles. The third-order valence-corrected chi connectivity index (χ3v) is 5.14. The molecule has 1 heterocycles. The van der Waals surface area contributed by atoms with Crippen molar-refractivity contribution in [3.63, 3.8) is 0 Å².